The van der Waals surface area contributed by atoms with Crippen molar-refractivity contribution in [3.63, 3.8) is 0 Å². The summed E-state index contributed by atoms with van der Waals surface area (Å²) < 4.78 is 12.7. The summed E-state index contributed by atoms with van der Waals surface area (Å²) in [7, 11) is -1.57. The van der Waals surface area contributed by atoms with Crippen LogP contribution in [0.25, 0.3) is 0 Å². The van der Waals surface area contributed by atoms with Crippen LogP contribution >= 0.6 is 11.3 Å². The average molecular weight is 279 g/mol. The first-order valence-corrected chi connectivity index (χ1v) is 6.41. The summed E-state index contributed by atoms with van der Waals surface area (Å²) in [5, 5.41) is 22.1. The molecule has 0 atom stereocenters. The Morgan fingerprint density at radius 2 is 2.00 bits per heavy atom. The molecule has 98 valence electrons. The Kier molecular flexibility index (Phi) is 4.31. The fourth-order valence-corrected chi connectivity index (χ4v) is 2.31. The van der Waals surface area contributed by atoms with Crippen LogP contribution < -0.4 is 10.8 Å². The summed E-state index contributed by atoms with van der Waals surface area (Å²) in [5.74, 6) is -0.629. The molecule has 1 aromatic carbocycles. The van der Waals surface area contributed by atoms with E-state index in [1.54, 1.807) is 12.1 Å². The van der Waals surface area contributed by atoms with Gasteiger partial charge in [-0.1, -0.05) is 12.1 Å². The smallest absolute Gasteiger partial charge is 0.423 e. The first kappa shape index (κ1) is 13.7. The molecule has 0 fully saturated rings. The molecular weight excluding hydrogens is 268 g/mol. The lowest BCUT2D eigenvalue weighted by atomic mass is 9.83. The van der Waals surface area contributed by atoms with Gasteiger partial charge in [-0.25, -0.2) is 4.39 Å². The van der Waals surface area contributed by atoms with Crippen LogP contribution in [-0.2, 0) is 6.54 Å². The molecule has 0 spiro atoms. The van der Waals surface area contributed by atoms with Crippen molar-refractivity contribution in [1.29, 1.82) is 0 Å². The quantitative estimate of drug-likeness (QED) is 0.714. The zero-order chi connectivity index (χ0) is 13.8. The minimum absolute atomic E-state index is 0.286. The zero-order valence-electron chi connectivity index (χ0n) is 9.84. The summed E-state index contributed by atoms with van der Waals surface area (Å²) in [6.07, 6.45) is 0. The fourth-order valence-electron chi connectivity index (χ4n) is 1.48. The van der Waals surface area contributed by atoms with E-state index < -0.39 is 7.12 Å². The minimum Gasteiger partial charge on any atom is -0.423 e. The number of rotatable bonds is 4. The van der Waals surface area contributed by atoms with Crippen molar-refractivity contribution in [2.75, 3.05) is 0 Å². The van der Waals surface area contributed by atoms with Crippen LogP contribution in [0.4, 0.5) is 4.39 Å². The second-order valence-corrected chi connectivity index (χ2v) is 4.84. The molecule has 0 bridgehead atoms. The van der Waals surface area contributed by atoms with E-state index in [9.17, 15) is 9.18 Å². The van der Waals surface area contributed by atoms with E-state index >= 15 is 0 Å². The van der Waals surface area contributed by atoms with Gasteiger partial charge in [0.2, 0.25) is 0 Å². The van der Waals surface area contributed by atoms with Crippen LogP contribution in [0.2, 0.25) is 0 Å². The van der Waals surface area contributed by atoms with Crippen LogP contribution in [0.15, 0.2) is 35.7 Å². The number of benzene rings is 1. The van der Waals surface area contributed by atoms with Gasteiger partial charge in [0.1, 0.15) is 5.82 Å². The molecule has 7 heteroatoms. The highest BCUT2D eigenvalue weighted by atomic mass is 32.1. The second kappa shape index (κ2) is 5.96. The average Bonchev–Trinajstić information content (AvgIpc) is 2.87. The van der Waals surface area contributed by atoms with Gasteiger partial charge in [0.15, 0.2) is 0 Å². The highest BCUT2D eigenvalue weighted by molar-refractivity contribution is 7.13. The minimum atomic E-state index is -1.57. The third kappa shape index (κ3) is 3.63. The maximum absolute atomic E-state index is 12.7. The van der Waals surface area contributed by atoms with E-state index in [0.717, 1.165) is 16.9 Å². The van der Waals surface area contributed by atoms with Crippen molar-refractivity contribution < 1.29 is 19.2 Å². The molecule has 0 saturated heterocycles. The number of carbonyl (C=O) groups is 1. The lowest BCUT2D eigenvalue weighted by Crippen LogP contribution is -2.28. The van der Waals surface area contributed by atoms with Crippen molar-refractivity contribution in [1.82, 2.24) is 5.32 Å². The molecule has 0 aliphatic carbocycles. The van der Waals surface area contributed by atoms with E-state index in [4.69, 9.17) is 10.0 Å². The van der Waals surface area contributed by atoms with Gasteiger partial charge in [0, 0.05) is 6.54 Å². The van der Waals surface area contributed by atoms with Crippen molar-refractivity contribution in [2.45, 2.75) is 6.54 Å². The molecule has 2 rings (SSSR count). The van der Waals surface area contributed by atoms with Gasteiger partial charge >= 0.3 is 7.12 Å². The lowest BCUT2D eigenvalue weighted by molar-refractivity contribution is 0.0955. The maximum atomic E-state index is 12.7. The number of amides is 1. The summed E-state index contributed by atoms with van der Waals surface area (Å²) >= 11 is 1.13. The fraction of sp³-hybridized carbons (Fsp3) is 0.0833. The first-order valence-electron chi connectivity index (χ1n) is 5.53. The van der Waals surface area contributed by atoms with Gasteiger partial charge in [0.25, 0.3) is 5.91 Å². The molecule has 19 heavy (non-hydrogen) atoms. The molecule has 4 nitrogen and oxygen atoms in total. The molecule has 0 unspecified atom stereocenters. The van der Waals surface area contributed by atoms with E-state index in [0.29, 0.717) is 4.88 Å². The molecule has 1 aromatic heterocycles. The number of hydrogen-bond donors (Lipinski definition) is 3. The van der Waals surface area contributed by atoms with E-state index in [1.807, 2.05) is 0 Å². The molecule has 2 aromatic rings. The molecule has 1 heterocycles. The topological polar surface area (TPSA) is 69.6 Å². The molecule has 0 aliphatic heterocycles. The van der Waals surface area contributed by atoms with Crippen molar-refractivity contribution in [3.05, 3.63) is 52.0 Å². The third-order valence-electron chi connectivity index (χ3n) is 2.51. The Bertz CT molecular complexity index is 571. The molecule has 1 amide bonds. The summed E-state index contributed by atoms with van der Waals surface area (Å²) in [6.45, 7) is 0.286. The van der Waals surface area contributed by atoms with E-state index in [2.05, 4.69) is 5.32 Å². The molecule has 3 N–H and O–H groups in total. The number of nitrogens with one attached hydrogen (secondary N) is 1. The van der Waals surface area contributed by atoms with Gasteiger partial charge in [-0.15, -0.1) is 11.3 Å². The van der Waals surface area contributed by atoms with Crippen molar-refractivity contribution in [3.8, 4) is 0 Å². The zero-order valence-corrected chi connectivity index (χ0v) is 10.7. The van der Waals surface area contributed by atoms with Crippen molar-refractivity contribution >= 4 is 29.8 Å². The molecular formula is C12H11BFNO3S. The number of carbonyl (C=O) groups excluding carboxylic acids is 1. The maximum Gasteiger partial charge on any atom is 0.489 e. The summed E-state index contributed by atoms with van der Waals surface area (Å²) in [5.41, 5.74) is 1.07. The molecule has 0 saturated carbocycles. The number of halogens is 1. The highest BCUT2D eigenvalue weighted by Crippen LogP contribution is 2.08. The molecule has 0 radical (unpaired) electrons. The third-order valence-corrected chi connectivity index (χ3v) is 3.46. The first-order chi connectivity index (χ1) is 9.06. The van der Waals surface area contributed by atoms with Crippen LogP contribution in [-0.4, -0.2) is 23.1 Å². The predicted octanol–water partition coefficient (Wildman–Crippen LogP) is 0.497. The van der Waals surface area contributed by atoms with Gasteiger partial charge in [-0.2, -0.15) is 0 Å². The second-order valence-electron chi connectivity index (χ2n) is 3.93. The summed E-state index contributed by atoms with van der Waals surface area (Å²) in [4.78, 5) is 12.2. The van der Waals surface area contributed by atoms with Crippen LogP contribution in [0.3, 0.4) is 0 Å². The summed E-state index contributed by atoms with van der Waals surface area (Å²) in [6, 6.07) is 7.26. The SMILES string of the molecule is O=C(NCc1ccc(F)cc1)c1cc(B(O)O)cs1. The van der Waals surface area contributed by atoms with Gasteiger partial charge < -0.3 is 15.4 Å². The lowest BCUT2D eigenvalue weighted by Gasteiger charge is -2.03. The molecule has 0 aliphatic rings. The van der Waals surface area contributed by atoms with Crippen molar-refractivity contribution in [2.24, 2.45) is 0 Å². The van der Waals surface area contributed by atoms with Gasteiger partial charge in [0.05, 0.1) is 4.88 Å². The van der Waals surface area contributed by atoms with Crippen LogP contribution in [0.1, 0.15) is 15.2 Å². The standard InChI is InChI=1S/C12H11BFNO3S/c14-10-3-1-8(2-4-10)6-15-12(16)11-5-9(7-19-11)13(17)18/h1-5,7,17-18H,6H2,(H,15,16). The van der Waals surface area contributed by atoms with Crippen LogP contribution in [0.5, 0.6) is 0 Å². The van der Waals surface area contributed by atoms with Gasteiger partial charge in [-0.3, -0.25) is 4.79 Å². The monoisotopic (exact) mass is 279 g/mol. The Balaban J connectivity index is 1.95. The normalized spacial score (nSPS) is 10.3. The number of thiophene rings is 1. The largest absolute Gasteiger partial charge is 0.489 e. The van der Waals surface area contributed by atoms with E-state index in [-0.39, 0.29) is 23.7 Å². The predicted molar refractivity (Wildman–Crippen MR) is 71.7 cm³/mol. The Hall–Kier alpha value is -1.70. The number of hydrogen-bond acceptors (Lipinski definition) is 4. The van der Waals surface area contributed by atoms with Gasteiger partial charge in [-0.05, 0) is 34.6 Å². The Morgan fingerprint density at radius 3 is 2.58 bits per heavy atom. The Labute approximate surface area is 113 Å². The Morgan fingerprint density at radius 1 is 1.32 bits per heavy atom. The van der Waals surface area contributed by atoms with E-state index in [1.165, 1.54) is 23.6 Å². The highest BCUT2D eigenvalue weighted by Gasteiger charge is 2.16. The van der Waals surface area contributed by atoms with Crippen LogP contribution in [0, 0.1) is 5.82 Å².